The highest BCUT2D eigenvalue weighted by Crippen LogP contribution is 2.07. The summed E-state index contributed by atoms with van der Waals surface area (Å²) in [7, 11) is -1.85. The fourth-order valence-electron chi connectivity index (χ4n) is 1.39. The van der Waals surface area contributed by atoms with Crippen LogP contribution in [0.5, 0.6) is 0 Å². The molecule has 0 aromatic rings. The first-order valence-electron chi connectivity index (χ1n) is 4.88. The van der Waals surface area contributed by atoms with Crippen molar-refractivity contribution in [1.82, 2.24) is 13.9 Å². The number of piperazine rings is 1. The molecule has 0 aliphatic carbocycles. The van der Waals surface area contributed by atoms with E-state index in [0.717, 1.165) is 0 Å². The van der Waals surface area contributed by atoms with Crippen molar-refractivity contribution in [2.24, 2.45) is 0 Å². The van der Waals surface area contributed by atoms with Gasteiger partial charge in [0.15, 0.2) is 0 Å². The zero-order valence-electron chi connectivity index (χ0n) is 9.22. The fraction of sp³-hybridized carbons (Fsp3) is 0.875. The summed E-state index contributed by atoms with van der Waals surface area (Å²) in [5, 5.41) is 11.5. The molecule has 6 nitrogen and oxygen atoms in total. The Bertz CT molecular complexity index is 334. The minimum atomic E-state index is -3.36. The molecular weight excluding hydrogens is 252 g/mol. The third-order valence-electron chi connectivity index (χ3n) is 2.33. The van der Waals surface area contributed by atoms with E-state index < -0.39 is 10.2 Å². The van der Waals surface area contributed by atoms with E-state index in [-0.39, 0.29) is 25.4 Å². The molecule has 1 fully saturated rings. The second-order valence-corrected chi connectivity index (χ2v) is 5.42. The summed E-state index contributed by atoms with van der Waals surface area (Å²) >= 11 is 0. The highest BCUT2D eigenvalue weighted by Gasteiger charge is 2.27. The van der Waals surface area contributed by atoms with Gasteiger partial charge < -0.3 is 5.32 Å². The van der Waals surface area contributed by atoms with Gasteiger partial charge in [0.05, 0.1) is 6.07 Å². The third kappa shape index (κ3) is 3.88. The van der Waals surface area contributed by atoms with E-state index >= 15 is 0 Å². The first-order valence-corrected chi connectivity index (χ1v) is 6.28. The predicted octanol–water partition coefficient (Wildman–Crippen LogP) is -0.596. The summed E-state index contributed by atoms with van der Waals surface area (Å²) in [6, 6.07) is 1.94. The van der Waals surface area contributed by atoms with E-state index in [4.69, 9.17) is 5.26 Å². The molecule has 16 heavy (non-hydrogen) atoms. The van der Waals surface area contributed by atoms with Gasteiger partial charge in [-0.25, -0.2) is 0 Å². The normalized spacial score (nSPS) is 17.8. The number of nitrogens with one attached hydrogen (secondary N) is 1. The highest BCUT2D eigenvalue weighted by molar-refractivity contribution is 7.86. The fourth-order valence-corrected chi connectivity index (χ4v) is 2.76. The van der Waals surface area contributed by atoms with Gasteiger partial charge in [0, 0.05) is 46.2 Å². The highest BCUT2D eigenvalue weighted by atomic mass is 35.5. The average molecular weight is 269 g/mol. The molecule has 0 aromatic carbocycles. The first-order chi connectivity index (χ1) is 7.09. The van der Waals surface area contributed by atoms with Crippen molar-refractivity contribution in [1.29, 1.82) is 5.26 Å². The van der Waals surface area contributed by atoms with E-state index in [1.165, 1.54) is 15.7 Å². The third-order valence-corrected chi connectivity index (χ3v) is 4.32. The van der Waals surface area contributed by atoms with Crippen LogP contribution < -0.4 is 5.32 Å². The maximum Gasteiger partial charge on any atom is 0.281 e. The lowest BCUT2D eigenvalue weighted by Gasteiger charge is -2.30. The van der Waals surface area contributed by atoms with Crippen LogP contribution in [0, 0.1) is 11.3 Å². The Balaban J connectivity index is 0.00000225. The Hall–Kier alpha value is -0.390. The molecule has 8 heteroatoms. The molecule has 0 amide bonds. The van der Waals surface area contributed by atoms with E-state index in [1.807, 2.05) is 6.07 Å². The number of halogens is 1. The minimum Gasteiger partial charge on any atom is -0.314 e. The molecule has 0 bridgehead atoms. The van der Waals surface area contributed by atoms with E-state index in [1.54, 1.807) is 0 Å². The van der Waals surface area contributed by atoms with Gasteiger partial charge in [-0.2, -0.15) is 22.3 Å². The molecular formula is C8H17ClN4O2S. The van der Waals surface area contributed by atoms with Crippen molar-refractivity contribution in [3.8, 4) is 6.07 Å². The van der Waals surface area contributed by atoms with Crippen molar-refractivity contribution in [2.45, 2.75) is 6.42 Å². The molecule has 1 aliphatic rings. The van der Waals surface area contributed by atoms with Crippen LogP contribution in [-0.4, -0.2) is 56.8 Å². The van der Waals surface area contributed by atoms with Crippen LogP contribution in [0.25, 0.3) is 0 Å². The van der Waals surface area contributed by atoms with Crippen LogP contribution in [0.15, 0.2) is 0 Å². The number of nitriles is 1. The quantitative estimate of drug-likeness (QED) is 0.739. The molecule has 0 atom stereocenters. The van der Waals surface area contributed by atoms with Gasteiger partial charge in [0.25, 0.3) is 10.2 Å². The van der Waals surface area contributed by atoms with E-state index in [0.29, 0.717) is 26.2 Å². The summed E-state index contributed by atoms with van der Waals surface area (Å²) in [5.74, 6) is 0. The number of hydrogen-bond acceptors (Lipinski definition) is 4. The first kappa shape index (κ1) is 15.6. The Kier molecular flexibility index (Phi) is 6.87. The second-order valence-electron chi connectivity index (χ2n) is 3.39. The van der Waals surface area contributed by atoms with Crippen molar-refractivity contribution < 1.29 is 8.42 Å². The van der Waals surface area contributed by atoms with Crippen LogP contribution in [0.1, 0.15) is 6.42 Å². The van der Waals surface area contributed by atoms with Crippen molar-refractivity contribution in [3.05, 3.63) is 0 Å². The zero-order valence-corrected chi connectivity index (χ0v) is 10.9. The summed E-state index contributed by atoms with van der Waals surface area (Å²) < 4.78 is 26.5. The minimum absolute atomic E-state index is 0. The van der Waals surface area contributed by atoms with Crippen LogP contribution in [0.3, 0.4) is 0 Å². The lowest BCUT2D eigenvalue weighted by atomic mass is 10.4. The smallest absolute Gasteiger partial charge is 0.281 e. The number of rotatable bonds is 4. The lowest BCUT2D eigenvalue weighted by Crippen LogP contribution is -2.50. The van der Waals surface area contributed by atoms with Gasteiger partial charge in [-0.15, -0.1) is 12.4 Å². The summed E-state index contributed by atoms with van der Waals surface area (Å²) in [4.78, 5) is 0. The molecule has 1 heterocycles. The number of hydrogen-bond donors (Lipinski definition) is 1. The SMILES string of the molecule is CN(CCC#N)S(=O)(=O)N1CCNCC1.Cl. The van der Waals surface area contributed by atoms with Crippen molar-refractivity contribution in [2.75, 3.05) is 39.8 Å². The van der Waals surface area contributed by atoms with Gasteiger partial charge >= 0.3 is 0 Å². The van der Waals surface area contributed by atoms with Crippen LogP contribution in [0.4, 0.5) is 0 Å². The van der Waals surface area contributed by atoms with Gasteiger partial charge in [0.2, 0.25) is 0 Å². The van der Waals surface area contributed by atoms with Crippen molar-refractivity contribution >= 4 is 22.6 Å². The van der Waals surface area contributed by atoms with Crippen LogP contribution >= 0.6 is 12.4 Å². The molecule has 1 saturated heterocycles. The summed E-state index contributed by atoms with van der Waals surface area (Å²) in [5.41, 5.74) is 0. The molecule has 1 aliphatic heterocycles. The standard InChI is InChI=1S/C8H16N4O2S.ClH/c1-11(6-2-3-9)15(13,14)12-7-4-10-5-8-12;/h10H,2,4-8H2,1H3;1H. The Morgan fingerprint density at radius 3 is 2.50 bits per heavy atom. The largest absolute Gasteiger partial charge is 0.314 e. The predicted molar refractivity (Wildman–Crippen MR) is 63.5 cm³/mol. The van der Waals surface area contributed by atoms with Gasteiger partial charge in [-0.05, 0) is 0 Å². The summed E-state index contributed by atoms with van der Waals surface area (Å²) in [6.07, 6.45) is 0.224. The molecule has 0 spiro atoms. The lowest BCUT2D eigenvalue weighted by molar-refractivity contribution is 0.327. The van der Waals surface area contributed by atoms with E-state index in [2.05, 4.69) is 5.32 Å². The molecule has 0 unspecified atom stereocenters. The Labute approximate surface area is 103 Å². The van der Waals surface area contributed by atoms with Gasteiger partial charge in [-0.1, -0.05) is 0 Å². The Morgan fingerprint density at radius 2 is 2.00 bits per heavy atom. The van der Waals surface area contributed by atoms with Crippen LogP contribution in [0.2, 0.25) is 0 Å². The van der Waals surface area contributed by atoms with Gasteiger partial charge in [0.1, 0.15) is 0 Å². The maximum absolute atomic E-state index is 11.9. The van der Waals surface area contributed by atoms with E-state index in [9.17, 15) is 8.42 Å². The molecule has 0 saturated carbocycles. The molecule has 1 N–H and O–H groups in total. The second kappa shape index (κ2) is 7.04. The average Bonchev–Trinajstić information content (AvgIpc) is 2.27. The topological polar surface area (TPSA) is 76.4 Å². The molecule has 1 rings (SSSR count). The molecule has 94 valence electrons. The number of nitrogens with zero attached hydrogens (tertiary/aromatic N) is 3. The Morgan fingerprint density at radius 1 is 1.44 bits per heavy atom. The monoisotopic (exact) mass is 268 g/mol. The summed E-state index contributed by atoms with van der Waals surface area (Å²) in [6.45, 7) is 2.62. The zero-order chi connectivity index (χ0) is 11.3. The van der Waals surface area contributed by atoms with Crippen molar-refractivity contribution in [3.63, 3.8) is 0 Å². The van der Waals surface area contributed by atoms with Crippen LogP contribution in [-0.2, 0) is 10.2 Å². The molecule has 0 radical (unpaired) electrons. The van der Waals surface area contributed by atoms with Gasteiger partial charge in [-0.3, -0.25) is 0 Å². The molecule has 0 aromatic heterocycles. The maximum atomic E-state index is 11.9.